The summed E-state index contributed by atoms with van der Waals surface area (Å²) >= 11 is 0. The van der Waals surface area contributed by atoms with Crippen molar-refractivity contribution >= 4 is 0 Å². The van der Waals surface area contributed by atoms with Gasteiger partial charge in [-0.25, -0.2) is 0 Å². The normalized spacial score (nSPS) is 24.0. The first kappa shape index (κ1) is 23.5. The Bertz CT molecular complexity index is 673. The molecule has 29 heavy (non-hydrogen) atoms. The van der Waals surface area contributed by atoms with Crippen molar-refractivity contribution in [2.24, 2.45) is 11.3 Å². The lowest BCUT2D eigenvalue weighted by Gasteiger charge is -2.42. The number of benzene rings is 1. The van der Waals surface area contributed by atoms with E-state index in [-0.39, 0.29) is 5.41 Å². The molecule has 160 valence electrons. The van der Waals surface area contributed by atoms with E-state index in [4.69, 9.17) is 4.74 Å². The molecule has 0 amide bonds. The van der Waals surface area contributed by atoms with Crippen LogP contribution in [0.3, 0.4) is 0 Å². The van der Waals surface area contributed by atoms with E-state index in [2.05, 4.69) is 51.6 Å². The van der Waals surface area contributed by atoms with Crippen LogP contribution in [0.5, 0.6) is 0 Å². The summed E-state index contributed by atoms with van der Waals surface area (Å²) in [6, 6.07) is 9.50. The second-order valence-corrected chi connectivity index (χ2v) is 9.20. The summed E-state index contributed by atoms with van der Waals surface area (Å²) in [4.78, 5) is 0. The largest absolute Gasteiger partial charge is 0.495 e. The molecule has 0 spiro atoms. The van der Waals surface area contributed by atoms with Gasteiger partial charge in [0, 0.05) is 5.41 Å². The second-order valence-electron chi connectivity index (χ2n) is 9.20. The van der Waals surface area contributed by atoms with Gasteiger partial charge in [-0.1, -0.05) is 89.6 Å². The average Bonchev–Trinajstić information content (AvgIpc) is 3.54. The summed E-state index contributed by atoms with van der Waals surface area (Å²) < 4.78 is 6.29. The summed E-state index contributed by atoms with van der Waals surface area (Å²) in [6.07, 6.45) is 17.1. The highest BCUT2D eigenvalue weighted by Crippen LogP contribution is 2.45. The molecule has 2 fully saturated rings. The van der Waals surface area contributed by atoms with E-state index in [0.29, 0.717) is 12.0 Å². The lowest BCUT2D eigenvalue weighted by molar-refractivity contribution is -0.0196. The first-order valence-electron chi connectivity index (χ1n) is 11.7. The highest BCUT2D eigenvalue weighted by Gasteiger charge is 2.38. The average molecular weight is 395 g/mol. The van der Waals surface area contributed by atoms with Crippen molar-refractivity contribution in [1.29, 1.82) is 0 Å². The third-order valence-corrected chi connectivity index (χ3v) is 6.32. The monoisotopic (exact) mass is 394 g/mol. The van der Waals surface area contributed by atoms with Gasteiger partial charge in [0.05, 0.1) is 5.76 Å². The van der Waals surface area contributed by atoms with E-state index < -0.39 is 0 Å². The van der Waals surface area contributed by atoms with Crippen LogP contribution in [0.1, 0.15) is 90.2 Å². The Morgan fingerprint density at radius 2 is 1.76 bits per heavy atom. The molecule has 0 bridgehead atoms. The summed E-state index contributed by atoms with van der Waals surface area (Å²) in [5.74, 6) is 2.66. The van der Waals surface area contributed by atoms with Crippen LogP contribution in [-0.2, 0) is 11.2 Å². The number of rotatable bonds is 8. The topological polar surface area (TPSA) is 9.23 Å². The minimum Gasteiger partial charge on any atom is -0.495 e. The van der Waals surface area contributed by atoms with Gasteiger partial charge in [-0.05, 0) is 68.1 Å². The Morgan fingerprint density at radius 3 is 2.34 bits per heavy atom. The lowest BCUT2D eigenvalue weighted by Crippen LogP contribution is -2.37. The molecule has 2 atom stereocenters. The van der Waals surface area contributed by atoms with E-state index in [1.54, 1.807) is 6.08 Å². The third-order valence-electron chi connectivity index (χ3n) is 6.32. The highest BCUT2D eigenvalue weighted by atomic mass is 16.5. The minimum absolute atomic E-state index is 0.185. The number of aryl methyl sites for hydroxylation is 1. The highest BCUT2D eigenvalue weighted by molar-refractivity contribution is 5.26. The first-order chi connectivity index (χ1) is 14.0. The van der Waals surface area contributed by atoms with Crippen LogP contribution < -0.4 is 0 Å². The van der Waals surface area contributed by atoms with Gasteiger partial charge < -0.3 is 4.74 Å². The molecule has 3 rings (SSSR count). The molecule has 0 saturated heterocycles. The number of ether oxygens (including phenoxy) is 1. The van der Waals surface area contributed by atoms with E-state index >= 15 is 0 Å². The summed E-state index contributed by atoms with van der Waals surface area (Å²) in [6.45, 7) is 14.5. The van der Waals surface area contributed by atoms with Crippen LogP contribution in [-0.4, -0.2) is 6.10 Å². The molecule has 0 N–H and O–H groups in total. The van der Waals surface area contributed by atoms with Crippen molar-refractivity contribution in [3.05, 3.63) is 72.0 Å². The van der Waals surface area contributed by atoms with Gasteiger partial charge >= 0.3 is 0 Å². The van der Waals surface area contributed by atoms with Crippen LogP contribution >= 0.6 is 0 Å². The Morgan fingerprint density at radius 1 is 1.07 bits per heavy atom. The quantitative estimate of drug-likeness (QED) is 0.318. The van der Waals surface area contributed by atoms with Crippen LogP contribution in [0.15, 0.2) is 60.9 Å². The smallest absolute Gasteiger partial charge is 0.103 e. The van der Waals surface area contributed by atoms with Gasteiger partial charge in [-0.2, -0.15) is 0 Å². The van der Waals surface area contributed by atoms with Crippen LogP contribution in [0, 0.1) is 11.3 Å². The van der Waals surface area contributed by atoms with Crippen LogP contribution in [0.25, 0.3) is 0 Å². The van der Waals surface area contributed by atoms with E-state index in [0.717, 1.165) is 18.1 Å². The molecule has 2 saturated carbocycles. The van der Waals surface area contributed by atoms with Gasteiger partial charge in [-0.15, -0.1) is 0 Å². The molecule has 2 unspecified atom stereocenters. The fraction of sp³-hybridized carbons (Fsp3) is 0.571. The zero-order valence-electron chi connectivity index (χ0n) is 19.4. The molecule has 0 aromatic heterocycles. The van der Waals surface area contributed by atoms with Crippen molar-refractivity contribution in [3.8, 4) is 0 Å². The standard InChI is InChI=1S/C26H36O.C2H6/c1-5-6-7-8-20(2)27-25-18-17-24(19-26(25,3)4)23-15-13-22(14-16-23)12-11-21-9-10-21;1-2/h5-8,13-16,21,24-25H,1,9-12,17-19H2,2-4H3;1-2H3/b7-6-,20-8+;. The number of hydrogen-bond acceptors (Lipinski definition) is 1. The minimum atomic E-state index is 0.185. The maximum Gasteiger partial charge on any atom is 0.103 e. The molecule has 0 heterocycles. The van der Waals surface area contributed by atoms with E-state index in [1.165, 1.54) is 49.7 Å². The van der Waals surface area contributed by atoms with E-state index in [1.807, 2.05) is 32.1 Å². The fourth-order valence-corrected chi connectivity index (χ4v) is 4.38. The van der Waals surface area contributed by atoms with Crippen molar-refractivity contribution < 1.29 is 4.74 Å². The molecule has 2 aliphatic rings. The van der Waals surface area contributed by atoms with Crippen molar-refractivity contribution in [1.82, 2.24) is 0 Å². The summed E-state index contributed by atoms with van der Waals surface area (Å²) in [7, 11) is 0. The second kappa shape index (κ2) is 11.4. The Labute approximate surface area is 179 Å². The van der Waals surface area contributed by atoms with Crippen molar-refractivity contribution in [2.45, 2.75) is 91.6 Å². The van der Waals surface area contributed by atoms with Gasteiger partial charge in [0.25, 0.3) is 0 Å². The maximum absolute atomic E-state index is 6.29. The van der Waals surface area contributed by atoms with E-state index in [9.17, 15) is 0 Å². The zero-order valence-corrected chi connectivity index (χ0v) is 19.4. The molecule has 0 aliphatic heterocycles. The zero-order chi connectivity index (χ0) is 21.3. The predicted octanol–water partition coefficient (Wildman–Crippen LogP) is 8.38. The molecule has 2 aliphatic carbocycles. The van der Waals surface area contributed by atoms with Crippen molar-refractivity contribution in [2.75, 3.05) is 0 Å². The Balaban J connectivity index is 0.00000145. The summed E-state index contributed by atoms with van der Waals surface area (Å²) in [5.41, 5.74) is 3.21. The third kappa shape index (κ3) is 7.53. The van der Waals surface area contributed by atoms with Crippen LogP contribution in [0.2, 0.25) is 0 Å². The van der Waals surface area contributed by atoms with Crippen molar-refractivity contribution in [3.63, 3.8) is 0 Å². The Kier molecular flexibility index (Phi) is 9.27. The van der Waals surface area contributed by atoms with Gasteiger partial charge in [0.1, 0.15) is 6.10 Å². The molecule has 1 nitrogen and oxygen atoms in total. The number of allylic oxidation sites excluding steroid dienone is 5. The van der Waals surface area contributed by atoms with Gasteiger partial charge in [0.15, 0.2) is 0 Å². The number of hydrogen-bond donors (Lipinski definition) is 0. The summed E-state index contributed by atoms with van der Waals surface area (Å²) in [5, 5.41) is 0. The first-order valence-corrected chi connectivity index (χ1v) is 11.7. The fourth-order valence-electron chi connectivity index (χ4n) is 4.38. The molecule has 1 aromatic rings. The molecule has 0 radical (unpaired) electrons. The lowest BCUT2D eigenvalue weighted by atomic mass is 9.68. The molecule has 1 aromatic carbocycles. The molecule has 1 heteroatoms. The maximum atomic E-state index is 6.29. The SMILES string of the molecule is C=C/C=C\C=C(/C)OC1CCC(c2ccc(CCC3CC3)cc2)CC1(C)C.CC. The van der Waals surface area contributed by atoms with Gasteiger partial charge in [0.2, 0.25) is 0 Å². The van der Waals surface area contributed by atoms with Crippen LogP contribution in [0.4, 0.5) is 0 Å². The van der Waals surface area contributed by atoms with Gasteiger partial charge in [-0.3, -0.25) is 0 Å². The Hall–Kier alpha value is -1.76. The predicted molar refractivity (Wildman–Crippen MR) is 127 cm³/mol. The molecular formula is C28H42O. The molecular weight excluding hydrogens is 352 g/mol.